The zero-order valence-electron chi connectivity index (χ0n) is 12.8. The molecule has 1 aromatic heterocycles. The lowest BCUT2D eigenvalue weighted by molar-refractivity contribution is -0.135. The first-order valence-corrected chi connectivity index (χ1v) is 7.79. The SMILES string of the molecule is CCN1CCNC(Cc2ccc(-c3ccncc3)cc2)C1=O. The van der Waals surface area contributed by atoms with Crippen molar-refractivity contribution in [3.05, 3.63) is 54.4 Å². The van der Waals surface area contributed by atoms with Gasteiger partial charge in [0.1, 0.15) is 0 Å². The van der Waals surface area contributed by atoms with Gasteiger partial charge in [-0.3, -0.25) is 9.78 Å². The van der Waals surface area contributed by atoms with E-state index in [0.29, 0.717) is 0 Å². The second-order valence-electron chi connectivity index (χ2n) is 5.56. The summed E-state index contributed by atoms with van der Waals surface area (Å²) in [4.78, 5) is 18.3. The number of nitrogens with zero attached hydrogens (tertiary/aromatic N) is 2. The van der Waals surface area contributed by atoms with Gasteiger partial charge in [-0.2, -0.15) is 0 Å². The quantitative estimate of drug-likeness (QED) is 0.939. The molecule has 0 spiro atoms. The molecule has 0 bridgehead atoms. The lowest BCUT2D eigenvalue weighted by atomic mass is 10.00. The van der Waals surface area contributed by atoms with Crippen LogP contribution in [-0.2, 0) is 11.2 Å². The van der Waals surface area contributed by atoms with Gasteiger partial charge in [0.15, 0.2) is 0 Å². The largest absolute Gasteiger partial charge is 0.340 e. The molecule has 22 heavy (non-hydrogen) atoms. The first-order valence-electron chi connectivity index (χ1n) is 7.79. The molecule has 0 saturated carbocycles. The van der Waals surface area contributed by atoms with E-state index in [4.69, 9.17) is 0 Å². The Morgan fingerprint density at radius 2 is 1.82 bits per heavy atom. The van der Waals surface area contributed by atoms with Gasteiger partial charge in [0.25, 0.3) is 0 Å². The van der Waals surface area contributed by atoms with E-state index in [1.54, 1.807) is 12.4 Å². The Balaban J connectivity index is 1.70. The van der Waals surface area contributed by atoms with Crippen molar-refractivity contribution in [2.75, 3.05) is 19.6 Å². The van der Waals surface area contributed by atoms with Crippen LogP contribution in [0.2, 0.25) is 0 Å². The minimum Gasteiger partial charge on any atom is -0.340 e. The molecule has 1 aromatic carbocycles. The van der Waals surface area contributed by atoms with E-state index < -0.39 is 0 Å². The summed E-state index contributed by atoms with van der Waals surface area (Å²) in [7, 11) is 0. The van der Waals surface area contributed by atoms with Crippen molar-refractivity contribution in [3.8, 4) is 11.1 Å². The van der Waals surface area contributed by atoms with Crippen LogP contribution in [0.4, 0.5) is 0 Å². The molecule has 1 saturated heterocycles. The average Bonchev–Trinajstić information content (AvgIpc) is 2.58. The maximum Gasteiger partial charge on any atom is 0.240 e. The van der Waals surface area contributed by atoms with E-state index >= 15 is 0 Å². The van der Waals surface area contributed by atoms with Crippen LogP contribution in [0, 0.1) is 0 Å². The summed E-state index contributed by atoms with van der Waals surface area (Å²) in [6, 6.07) is 12.3. The molecular formula is C18H21N3O. The smallest absolute Gasteiger partial charge is 0.240 e. The number of pyridine rings is 1. The molecule has 4 nitrogen and oxygen atoms in total. The van der Waals surface area contributed by atoms with Gasteiger partial charge in [-0.25, -0.2) is 0 Å². The maximum atomic E-state index is 12.3. The molecule has 1 atom stereocenters. The standard InChI is InChI=1S/C18H21N3O/c1-2-21-12-11-20-17(18(21)22)13-14-3-5-15(6-4-14)16-7-9-19-10-8-16/h3-10,17,20H,2,11-13H2,1H3. The number of rotatable bonds is 4. The van der Waals surface area contributed by atoms with Crippen molar-refractivity contribution in [1.29, 1.82) is 0 Å². The summed E-state index contributed by atoms with van der Waals surface area (Å²) in [5, 5.41) is 3.33. The number of piperazine rings is 1. The number of likely N-dealkylation sites (N-methyl/N-ethyl adjacent to an activating group) is 1. The van der Waals surface area contributed by atoms with E-state index in [0.717, 1.165) is 31.6 Å². The van der Waals surface area contributed by atoms with Crippen LogP contribution < -0.4 is 5.32 Å². The Morgan fingerprint density at radius 1 is 1.14 bits per heavy atom. The molecule has 1 aliphatic heterocycles. The van der Waals surface area contributed by atoms with Crippen LogP contribution in [0.15, 0.2) is 48.8 Å². The number of aromatic nitrogens is 1. The third kappa shape index (κ3) is 3.17. The highest BCUT2D eigenvalue weighted by Gasteiger charge is 2.27. The number of hydrogen-bond acceptors (Lipinski definition) is 3. The molecule has 0 radical (unpaired) electrons. The normalized spacial score (nSPS) is 18.5. The first-order chi connectivity index (χ1) is 10.8. The van der Waals surface area contributed by atoms with Gasteiger partial charge in [-0.15, -0.1) is 0 Å². The molecule has 114 valence electrons. The molecule has 0 aliphatic carbocycles. The van der Waals surface area contributed by atoms with Gasteiger partial charge in [0.05, 0.1) is 6.04 Å². The van der Waals surface area contributed by atoms with Gasteiger partial charge >= 0.3 is 0 Å². The fraction of sp³-hybridized carbons (Fsp3) is 0.333. The van der Waals surface area contributed by atoms with E-state index in [-0.39, 0.29) is 11.9 Å². The Morgan fingerprint density at radius 3 is 2.50 bits per heavy atom. The van der Waals surface area contributed by atoms with Crippen LogP contribution in [0.1, 0.15) is 12.5 Å². The average molecular weight is 295 g/mol. The molecule has 1 fully saturated rings. The van der Waals surface area contributed by atoms with E-state index in [1.165, 1.54) is 11.1 Å². The molecule has 1 aliphatic rings. The molecule has 1 N–H and O–H groups in total. The number of carbonyl (C=O) groups excluding carboxylic acids is 1. The molecule has 4 heteroatoms. The zero-order chi connectivity index (χ0) is 15.4. The minimum atomic E-state index is -0.0968. The van der Waals surface area contributed by atoms with Crippen LogP contribution >= 0.6 is 0 Å². The molecule has 2 aromatic rings. The lowest BCUT2D eigenvalue weighted by Crippen LogP contribution is -2.55. The van der Waals surface area contributed by atoms with Crippen LogP contribution in [0.5, 0.6) is 0 Å². The van der Waals surface area contributed by atoms with Crippen LogP contribution in [-0.4, -0.2) is 41.5 Å². The summed E-state index contributed by atoms with van der Waals surface area (Å²) in [5.41, 5.74) is 3.51. The highest BCUT2D eigenvalue weighted by atomic mass is 16.2. The minimum absolute atomic E-state index is 0.0968. The van der Waals surface area contributed by atoms with Crippen molar-refractivity contribution in [1.82, 2.24) is 15.2 Å². The van der Waals surface area contributed by atoms with Crippen LogP contribution in [0.25, 0.3) is 11.1 Å². The van der Waals surface area contributed by atoms with Crippen molar-refractivity contribution >= 4 is 5.91 Å². The van der Waals surface area contributed by atoms with Gasteiger partial charge in [-0.1, -0.05) is 24.3 Å². The van der Waals surface area contributed by atoms with Gasteiger partial charge in [0.2, 0.25) is 5.91 Å². The summed E-state index contributed by atoms with van der Waals surface area (Å²) in [6.45, 7) is 4.51. The third-order valence-corrected chi connectivity index (χ3v) is 4.17. The van der Waals surface area contributed by atoms with Crippen molar-refractivity contribution in [2.24, 2.45) is 0 Å². The van der Waals surface area contributed by atoms with Gasteiger partial charge in [0, 0.05) is 32.0 Å². The second-order valence-corrected chi connectivity index (χ2v) is 5.56. The molecule has 2 heterocycles. The number of benzene rings is 1. The van der Waals surface area contributed by atoms with E-state index in [2.05, 4.69) is 34.6 Å². The number of nitrogens with one attached hydrogen (secondary N) is 1. The molecular weight excluding hydrogens is 274 g/mol. The third-order valence-electron chi connectivity index (χ3n) is 4.17. The van der Waals surface area contributed by atoms with E-state index in [9.17, 15) is 4.79 Å². The van der Waals surface area contributed by atoms with Gasteiger partial charge < -0.3 is 10.2 Å². The molecule has 3 rings (SSSR count). The fourth-order valence-corrected chi connectivity index (χ4v) is 2.88. The monoisotopic (exact) mass is 295 g/mol. The summed E-state index contributed by atoms with van der Waals surface area (Å²) < 4.78 is 0. The Bertz CT molecular complexity index is 625. The zero-order valence-corrected chi connectivity index (χ0v) is 12.8. The molecule has 1 unspecified atom stereocenters. The lowest BCUT2D eigenvalue weighted by Gasteiger charge is -2.32. The van der Waals surface area contributed by atoms with Crippen LogP contribution in [0.3, 0.4) is 0 Å². The predicted octanol–water partition coefficient (Wildman–Crippen LogP) is 2.11. The second kappa shape index (κ2) is 6.71. The number of carbonyl (C=O) groups is 1. The Kier molecular flexibility index (Phi) is 4.49. The fourth-order valence-electron chi connectivity index (χ4n) is 2.88. The highest BCUT2D eigenvalue weighted by Crippen LogP contribution is 2.19. The number of hydrogen-bond donors (Lipinski definition) is 1. The maximum absolute atomic E-state index is 12.3. The Hall–Kier alpha value is -2.20. The van der Waals surface area contributed by atoms with E-state index in [1.807, 2.05) is 24.0 Å². The van der Waals surface area contributed by atoms with Crippen molar-refractivity contribution < 1.29 is 4.79 Å². The predicted molar refractivity (Wildman–Crippen MR) is 87.4 cm³/mol. The van der Waals surface area contributed by atoms with Crippen molar-refractivity contribution in [2.45, 2.75) is 19.4 Å². The first kappa shape index (κ1) is 14.7. The topological polar surface area (TPSA) is 45.2 Å². The van der Waals surface area contributed by atoms with Crippen molar-refractivity contribution in [3.63, 3.8) is 0 Å². The summed E-state index contributed by atoms with van der Waals surface area (Å²) in [5.74, 6) is 0.215. The summed E-state index contributed by atoms with van der Waals surface area (Å²) in [6.07, 6.45) is 4.34. The van der Waals surface area contributed by atoms with Gasteiger partial charge in [-0.05, 0) is 42.2 Å². The summed E-state index contributed by atoms with van der Waals surface area (Å²) >= 11 is 0. The highest BCUT2D eigenvalue weighted by molar-refractivity contribution is 5.83. The Labute approximate surface area is 131 Å². The number of amides is 1. The molecule has 1 amide bonds.